The molecular formula is C13H21NO. The van der Waals surface area contributed by atoms with E-state index in [0.717, 1.165) is 25.2 Å². The van der Waals surface area contributed by atoms with Crippen molar-refractivity contribution < 1.29 is 4.79 Å². The number of hydrogen-bond acceptors (Lipinski definition) is 1. The summed E-state index contributed by atoms with van der Waals surface area (Å²) in [6, 6.07) is 0. The Kier molecular flexibility index (Phi) is 1.56. The first kappa shape index (κ1) is 9.68. The molecule has 0 aromatic carbocycles. The number of carbonyl (C=O) groups excluding carboxylic acids is 1. The van der Waals surface area contributed by atoms with Gasteiger partial charge in [-0.3, -0.25) is 4.79 Å². The van der Waals surface area contributed by atoms with Gasteiger partial charge in [0.05, 0.1) is 5.41 Å². The summed E-state index contributed by atoms with van der Waals surface area (Å²) in [4.78, 5) is 11.8. The van der Waals surface area contributed by atoms with Crippen LogP contribution in [0.2, 0.25) is 0 Å². The molecule has 0 aliphatic heterocycles. The van der Waals surface area contributed by atoms with Gasteiger partial charge in [0.1, 0.15) is 0 Å². The van der Waals surface area contributed by atoms with E-state index in [-0.39, 0.29) is 11.3 Å². The van der Waals surface area contributed by atoms with Gasteiger partial charge >= 0.3 is 0 Å². The van der Waals surface area contributed by atoms with Gasteiger partial charge in [-0.1, -0.05) is 13.8 Å². The lowest BCUT2D eigenvalue weighted by Crippen LogP contribution is -2.59. The molecule has 2 nitrogen and oxygen atoms in total. The zero-order valence-corrected chi connectivity index (χ0v) is 9.81. The molecule has 84 valence electrons. The topological polar surface area (TPSA) is 43.1 Å². The quantitative estimate of drug-likeness (QED) is 0.705. The minimum absolute atomic E-state index is 0.0240. The molecule has 0 saturated heterocycles. The normalized spacial score (nSPS) is 57.1. The minimum atomic E-state index is -0.136. The molecule has 4 saturated carbocycles. The molecule has 0 unspecified atom stereocenters. The summed E-state index contributed by atoms with van der Waals surface area (Å²) in [7, 11) is 0. The van der Waals surface area contributed by atoms with Crippen LogP contribution < -0.4 is 5.73 Å². The second-order valence-corrected chi connectivity index (χ2v) is 7.27. The number of primary amides is 1. The number of hydrogen-bond donors (Lipinski definition) is 1. The minimum Gasteiger partial charge on any atom is -0.369 e. The van der Waals surface area contributed by atoms with Crippen LogP contribution in [0.3, 0.4) is 0 Å². The average molecular weight is 207 g/mol. The standard InChI is InChI=1S/C13H21NO/c1-11-3-9-4-12(2,6-11)8-13(5-9,7-11)10(14)15/h9H,3-8H2,1-2H3,(H2,14,15)/t9?,11-,12-,13?/m0/s1. The van der Waals surface area contributed by atoms with Crippen molar-refractivity contribution in [2.75, 3.05) is 0 Å². The van der Waals surface area contributed by atoms with Crippen molar-refractivity contribution in [3.63, 3.8) is 0 Å². The van der Waals surface area contributed by atoms with Crippen molar-refractivity contribution >= 4 is 5.91 Å². The molecule has 1 amide bonds. The molecule has 2 heteroatoms. The molecule has 0 aromatic heterocycles. The Balaban J connectivity index is 2.05. The second kappa shape index (κ2) is 2.41. The maximum Gasteiger partial charge on any atom is 0.223 e. The first-order valence-electron chi connectivity index (χ1n) is 6.15. The molecule has 4 rings (SSSR count). The highest BCUT2D eigenvalue weighted by molar-refractivity contribution is 5.81. The molecule has 0 spiro atoms. The first-order chi connectivity index (χ1) is 6.85. The highest BCUT2D eigenvalue weighted by Crippen LogP contribution is 2.69. The summed E-state index contributed by atoms with van der Waals surface area (Å²) in [6.07, 6.45) is 7.16. The van der Waals surface area contributed by atoms with E-state index in [0.29, 0.717) is 10.8 Å². The summed E-state index contributed by atoms with van der Waals surface area (Å²) in [5.41, 5.74) is 6.35. The summed E-state index contributed by atoms with van der Waals surface area (Å²) in [6.45, 7) is 4.74. The van der Waals surface area contributed by atoms with Crippen LogP contribution in [0.15, 0.2) is 0 Å². The number of amides is 1. The molecular weight excluding hydrogens is 186 g/mol. The first-order valence-corrected chi connectivity index (χ1v) is 6.15. The fraction of sp³-hybridized carbons (Fsp3) is 0.923. The summed E-state index contributed by atoms with van der Waals surface area (Å²) >= 11 is 0. The Bertz CT molecular complexity index is 317. The number of nitrogens with two attached hydrogens (primary N) is 1. The molecule has 0 aromatic rings. The van der Waals surface area contributed by atoms with E-state index in [4.69, 9.17) is 5.73 Å². The van der Waals surface area contributed by atoms with Gasteiger partial charge in [-0.15, -0.1) is 0 Å². The molecule has 4 fully saturated rings. The molecule has 0 heterocycles. The van der Waals surface area contributed by atoms with E-state index in [2.05, 4.69) is 13.8 Å². The lowest BCUT2D eigenvalue weighted by atomic mass is 9.40. The average Bonchev–Trinajstić information content (AvgIpc) is 1.95. The Morgan fingerprint density at radius 1 is 1.07 bits per heavy atom. The van der Waals surface area contributed by atoms with Gasteiger partial charge in [-0.25, -0.2) is 0 Å². The van der Waals surface area contributed by atoms with E-state index < -0.39 is 0 Å². The summed E-state index contributed by atoms with van der Waals surface area (Å²) in [5, 5.41) is 0. The van der Waals surface area contributed by atoms with Crippen molar-refractivity contribution in [3.05, 3.63) is 0 Å². The van der Waals surface area contributed by atoms with Gasteiger partial charge in [0.15, 0.2) is 0 Å². The van der Waals surface area contributed by atoms with Gasteiger partial charge in [0.25, 0.3) is 0 Å². The van der Waals surface area contributed by atoms with Crippen LogP contribution in [-0.4, -0.2) is 5.91 Å². The van der Waals surface area contributed by atoms with E-state index >= 15 is 0 Å². The van der Waals surface area contributed by atoms with Gasteiger partial charge in [0.2, 0.25) is 5.91 Å². The predicted octanol–water partition coefficient (Wildman–Crippen LogP) is 2.47. The number of carbonyl (C=O) groups is 1. The summed E-state index contributed by atoms with van der Waals surface area (Å²) < 4.78 is 0. The van der Waals surface area contributed by atoms with Crippen molar-refractivity contribution in [2.24, 2.45) is 27.9 Å². The highest BCUT2D eigenvalue weighted by Gasteiger charge is 2.62. The van der Waals surface area contributed by atoms with Crippen molar-refractivity contribution in [1.29, 1.82) is 0 Å². The van der Waals surface area contributed by atoms with Crippen LogP contribution in [0.25, 0.3) is 0 Å². The highest BCUT2D eigenvalue weighted by atomic mass is 16.1. The summed E-state index contributed by atoms with van der Waals surface area (Å²) in [5.74, 6) is 0.743. The molecule has 2 N–H and O–H groups in total. The third kappa shape index (κ3) is 1.20. The molecule has 4 aliphatic rings. The van der Waals surface area contributed by atoms with Gasteiger partial charge in [-0.05, 0) is 55.3 Å². The predicted molar refractivity (Wildman–Crippen MR) is 59.0 cm³/mol. The van der Waals surface area contributed by atoms with Gasteiger partial charge < -0.3 is 5.73 Å². The monoisotopic (exact) mass is 207 g/mol. The molecule has 15 heavy (non-hydrogen) atoms. The van der Waals surface area contributed by atoms with Crippen LogP contribution in [0.5, 0.6) is 0 Å². The van der Waals surface area contributed by atoms with Crippen LogP contribution in [0, 0.1) is 22.2 Å². The van der Waals surface area contributed by atoms with E-state index in [1.165, 1.54) is 19.3 Å². The largest absolute Gasteiger partial charge is 0.369 e. The zero-order chi connectivity index (χ0) is 10.9. The molecule has 0 radical (unpaired) electrons. The van der Waals surface area contributed by atoms with E-state index in [9.17, 15) is 4.79 Å². The maximum atomic E-state index is 11.8. The van der Waals surface area contributed by atoms with E-state index in [1.807, 2.05) is 0 Å². The third-order valence-electron chi connectivity index (χ3n) is 5.15. The smallest absolute Gasteiger partial charge is 0.223 e. The van der Waals surface area contributed by atoms with Crippen LogP contribution in [0.4, 0.5) is 0 Å². The van der Waals surface area contributed by atoms with Crippen LogP contribution >= 0.6 is 0 Å². The Hall–Kier alpha value is -0.530. The molecule has 4 bridgehead atoms. The lowest BCUT2D eigenvalue weighted by Gasteiger charge is -2.64. The van der Waals surface area contributed by atoms with Gasteiger partial charge in [0, 0.05) is 0 Å². The molecule has 2 atom stereocenters. The van der Waals surface area contributed by atoms with Crippen LogP contribution in [0.1, 0.15) is 52.4 Å². The second-order valence-electron chi connectivity index (χ2n) is 7.27. The van der Waals surface area contributed by atoms with E-state index in [1.54, 1.807) is 0 Å². The van der Waals surface area contributed by atoms with Crippen LogP contribution in [-0.2, 0) is 4.79 Å². The Morgan fingerprint density at radius 3 is 2.00 bits per heavy atom. The third-order valence-corrected chi connectivity index (χ3v) is 5.15. The fourth-order valence-corrected chi connectivity index (χ4v) is 5.72. The Morgan fingerprint density at radius 2 is 1.60 bits per heavy atom. The zero-order valence-electron chi connectivity index (χ0n) is 9.81. The lowest BCUT2D eigenvalue weighted by molar-refractivity contribution is -0.167. The SMILES string of the molecule is C[C@@]12CC3CC(C(N)=O)(C1)C[C@@](C)(C3)C2. The van der Waals surface area contributed by atoms with Crippen molar-refractivity contribution in [3.8, 4) is 0 Å². The fourth-order valence-electron chi connectivity index (χ4n) is 5.72. The maximum absolute atomic E-state index is 11.8. The van der Waals surface area contributed by atoms with Gasteiger partial charge in [-0.2, -0.15) is 0 Å². The van der Waals surface area contributed by atoms with Crippen molar-refractivity contribution in [2.45, 2.75) is 52.4 Å². The van der Waals surface area contributed by atoms with Crippen molar-refractivity contribution in [1.82, 2.24) is 0 Å². The molecule has 4 aliphatic carbocycles. The number of rotatable bonds is 1. The Labute approximate surface area is 91.6 Å².